The first-order valence-corrected chi connectivity index (χ1v) is 13.5. The second kappa shape index (κ2) is 11.1. The number of ether oxygens (including phenoxy) is 2. The Morgan fingerprint density at radius 1 is 1.33 bits per heavy atom. The predicted molar refractivity (Wildman–Crippen MR) is 144 cm³/mol. The quantitative estimate of drug-likeness (QED) is 0.231. The zero-order chi connectivity index (χ0) is 26.0. The largest absolute Gasteiger partial charge is 0.503 e. The van der Waals surface area contributed by atoms with Crippen molar-refractivity contribution in [2.24, 2.45) is 0 Å². The van der Waals surface area contributed by atoms with E-state index in [1.165, 1.54) is 11.8 Å². The van der Waals surface area contributed by atoms with Gasteiger partial charge in [-0.2, -0.15) is 4.98 Å². The Hall–Kier alpha value is -2.69. The normalized spacial score (nSPS) is 15.0. The molecule has 0 bridgehead atoms. The number of benzene rings is 2. The highest BCUT2D eigenvalue weighted by atomic mass is 79.9. The molecule has 3 aromatic rings. The Morgan fingerprint density at radius 3 is 2.78 bits per heavy atom. The van der Waals surface area contributed by atoms with Gasteiger partial charge in [-0.15, -0.1) is 5.10 Å². The number of nitrogens with one attached hydrogen (secondary N) is 1. The van der Waals surface area contributed by atoms with Gasteiger partial charge in [-0.25, -0.2) is 9.48 Å². The third-order valence-electron chi connectivity index (χ3n) is 5.38. The van der Waals surface area contributed by atoms with Crippen LogP contribution in [0.2, 0.25) is 5.02 Å². The zero-order valence-electron chi connectivity index (χ0n) is 20.2. The highest BCUT2D eigenvalue weighted by molar-refractivity contribution is 9.10. The van der Waals surface area contributed by atoms with Crippen molar-refractivity contribution in [1.29, 1.82) is 0 Å². The number of thioether (sulfide) groups is 1. The summed E-state index contributed by atoms with van der Waals surface area (Å²) in [6, 6.07) is 10.4. The number of nitrogens with zero attached hydrogens (tertiary/aromatic N) is 3. The Balaban J connectivity index is 1.77. The third-order valence-corrected chi connectivity index (χ3v) is 7.24. The van der Waals surface area contributed by atoms with Crippen LogP contribution in [0.15, 0.2) is 57.3 Å². The monoisotopic (exact) mass is 592 g/mol. The van der Waals surface area contributed by atoms with E-state index < -0.39 is 12.0 Å². The first-order valence-electron chi connectivity index (χ1n) is 11.4. The summed E-state index contributed by atoms with van der Waals surface area (Å²) in [6.07, 6.45) is -0.303. The number of aromatic nitrogens is 3. The number of hydrogen-bond donors (Lipinski definition) is 2. The van der Waals surface area contributed by atoms with E-state index in [1.807, 2.05) is 31.2 Å². The fourth-order valence-corrected chi connectivity index (χ4v) is 5.39. The van der Waals surface area contributed by atoms with Gasteiger partial charge >= 0.3 is 5.97 Å². The summed E-state index contributed by atoms with van der Waals surface area (Å²) in [7, 11) is 0. The fraction of sp³-hybridized carbons (Fsp3) is 0.320. The van der Waals surface area contributed by atoms with Crippen LogP contribution < -0.4 is 10.1 Å². The predicted octanol–water partition coefficient (Wildman–Crippen LogP) is 6.33. The van der Waals surface area contributed by atoms with Crippen molar-refractivity contribution in [3.8, 4) is 11.5 Å². The van der Waals surface area contributed by atoms with Crippen LogP contribution in [0.4, 0.5) is 5.95 Å². The lowest BCUT2D eigenvalue weighted by Gasteiger charge is -2.29. The minimum atomic E-state index is -0.661. The second-order valence-corrected chi connectivity index (χ2v) is 10.5. The lowest BCUT2D eigenvalue weighted by atomic mass is 9.95. The Kier molecular flexibility index (Phi) is 8.17. The van der Waals surface area contributed by atoms with E-state index >= 15 is 0 Å². The van der Waals surface area contributed by atoms with Crippen molar-refractivity contribution in [1.82, 2.24) is 14.8 Å². The van der Waals surface area contributed by atoms with Crippen LogP contribution in [-0.2, 0) is 15.3 Å². The number of phenols is 1. The summed E-state index contributed by atoms with van der Waals surface area (Å²) in [6.45, 7) is 7.60. The van der Waals surface area contributed by atoms with Crippen LogP contribution in [0.5, 0.6) is 11.5 Å². The molecule has 11 heteroatoms. The number of esters is 1. The summed E-state index contributed by atoms with van der Waals surface area (Å²) in [4.78, 5) is 17.9. The second-order valence-electron chi connectivity index (χ2n) is 8.35. The molecule has 4 rings (SSSR count). The number of rotatable bonds is 8. The van der Waals surface area contributed by atoms with Crippen molar-refractivity contribution < 1.29 is 19.4 Å². The summed E-state index contributed by atoms with van der Waals surface area (Å²) in [5.41, 5.74) is 2.65. The molecule has 8 nitrogen and oxygen atoms in total. The van der Waals surface area contributed by atoms with Gasteiger partial charge in [0.05, 0.1) is 22.8 Å². The maximum Gasteiger partial charge on any atom is 0.338 e. The van der Waals surface area contributed by atoms with Crippen LogP contribution in [0, 0.1) is 0 Å². The van der Waals surface area contributed by atoms with Gasteiger partial charge in [-0.05, 0) is 73.0 Å². The van der Waals surface area contributed by atoms with Crippen LogP contribution >= 0.6 is 39.3 Å². The van der Waals surface area contributed by atoms with Gasteiger partial charge in [0.15, 0.2) is 11.5 Å². The number of allylic oxidation sites excluding steroid dienone is 1. The first kappa shape index (κ1) is 26.4. The first-order chi connectivity index (χ1) is 17.2. The number of aromatic hydroxyl groups is 1. The maximum atomic E-state index is 13.2. The molecule has 1 unspecified atom stereocenters. The van der Waals surface area contributed by atoms with Crippen molar-refractivity contribution in [2.45, 2.75) is 50.8 Å². The van der Waals surface area contributed by atoms with E-state index in [-0.39, 0.29) is 11.9 Å². The molecule has 1 aliphatic rings. The van der Waals surface area contributed by atoms with E-state index in [0.717, 1.165) is 5.56 Å². The molecule has 0 radical (unpaired) electrons. The standard InChI is InChI=1S/C25H26BrClN4O4S/c1-5-34-19-11-16(10-17(26)22(19)32)21-20(23(33)35-13(2)3)14(4)28-24-29-25(30-31(21)24)36-12-15-8-6-7-9-18(15)27/h6-11,13,21,32H,5,12H2,1-4H3,(H,28,29,30). The molecule has 1 aliphatic heterocycles. The third kappa shape index (κ3) is 5.50. The summed E-state index contributed by atoms with van der Waals surface area (Å²) >= 11 is 11.2. The van der Waals surface area contributed by atoms with E-state index in [1.54, 1.807) is 37.6 Å². The molecule has 1 atom stereocenters. The van der Waals surface area contributed by atoms with Crippen LogP contribution in [-0.4, -0.2) is 38.6 Å². The zero-order valence-corrected chi connectivity index (χ0v) is 23.4. The SMILES string of the molecule is CCOc1cc(C2C(C(=O)OC(C)C)=C(C)Nc3nc(SCc4ccccc4Cl)nn32)cc(Br)c1O. The highest BCUT2D eigenvalue weighted by Crippen LogP contribution is 2.43. The molecule has 0 spiro atoms. The molecule has 0 amide bonds. The maximum absolute atomic E-state index is 13.2. The topological polar surface area (TPSA) is 98.5 Å². The molecule has 0 saturated carbocycles. The Morgan fingerprint density at radius 2 is 2.08 bits per heavy atom. The average Bonchev–Trinajstić information content (AvgIpc) is 3.22. The van der Waals surface area contributed by atoms with Crippen LogP contribution in [0.1, 0.15) is 44.9 Å². The van der Waals surface area contributed by atoms with E-state index in [4.69, 9.17) is 26.2 Å². The molecule has 0 saturated heterocycles. The summed E-state index contributed by atoms with van der Waals surface area (Å²) < 4.78 is 13.3. The van der Waals surface area contributed by atoms with Gasteiger partial charge in [0, 0.05) is 16.5 Å². The number of carbonyl (C=O) groups is 1. The van der Waals surface area contributed by atoms with E-state index in [2.05, 4.69) is 26.2 Å². The lowest BCUT2D eigenvalue weighted by Crippen LogP contribution is -2.30. The number of carbonyl (C=O) groups excluding carboxylic acids is 1. The minimum Gasteiger partial charge on any atom is -0.503 e. The van der Waals surface area contributed by atoms with E-state index in [9.17, 15) is 9.90 Å². The van der Waals surface area contributed by atoms with E-state index in [0.29, 0.717) is 55.5 Å². The molecule has 2 N–H and O–H groups in total. The Bertz CT molecular complexity index is 1330. The summed E-state index contributed by atoms with van der Waals surface area (Å²) in [5.74, 6) is 0.888. The number of halogens is 2. The van der Waals surface area contributed by atoms with Crippen LogP contribution in [0.25, 0.3) is 0 Å². The van der Waals surface area contributed by atoms with Gasteiger partial charge in [-0.1, -0.05) is 41.6 Å². The van der Waals surface area contributed by atoms with Crippen molar-refractivity contribution in [3.63, 3.8) is 0 Å². The summed E-state index contributed by atoms with van der Waals surface area (Å²) in [5, 5.41) is 19.6. The smallest absolute Gasteiger partial charge is 0.338 e. The molecular formula is C25H26BrClN4O4S. The van der Waals surface area contributed by atoms with Gasteiger partial charge < -0.3 is 19.9 Å². The molecule has 190 valence electrons. The van der Waals surface area contributed by atoms with Gasteiger partial charge in [0.1, 0.15) is 6.04 Å². The molecule has 2 aromatic carbocycles. The minimum absolute atomic E-state index is 0.0173. The molecule has 36 heavy (non-hydrogen) atoms. The molecule has 0 fully saturated rings. The molecular weight excluding hydrogens is 568 g/mol. The molecule has 0 aliphatic carbocycles. The van der Waals surface area contributed by atoms with Gasteiger partial charge in [0.2, 0.25) is 11.1 Å². The molecule has 2 heterocycles. The lowest BCUT2D eigenvalue weighted by molar-refractivity contribution is -0.143. The fourth-order valence-electron chi connectivity index (χ4n) is 3.82. The van der Waals surface area contributed by atoms with Gasteiger partial charge in [0.25, 0.3) is 0 Å². The van der Waals surface area contributed by atoms with Crippen LogP contribution in [0.3, 0.4) is 0 Å². The number of phenolic OH excluding ortho intramolecular Hbond substituents is 1. The highest BCUT2D eigenvalue weighted by Gasteiger charge is 2.36. The number of anilines is 1. The van der Waals surface area contributed by atoms with Crippen molar-refractivity contribution >= 4 is 51.2 Å². The average molecular weight is 594 g/mol. The Labute approximate surface area is 227 Å². The van der Waals surface area contributed by atoms with Crippen molar-refractivity contribution in [2.75, 3.05) is 11.9 Å². The van der Waals surface area contributed by atoms with Crippen molar-refractivity contribution in [3.05, 3.63) is 68.3 Å². The number of fused-ring (bicyclic) bond motifs is 1. The molecule has 1 aromatic heterocycles. The van der Waals surface area contributed by atoms with Gasteiger partial charge in [-0.3, -0.25) is 0 Å². The number of hydrogen-bond acceptors (Lipinski definition) is 8.